The fraction of sp³-hybridized carbons (Fsp3) is 0.462. The molecule has 0 spiro atoms. The summed E-state index contributed by atoms with van der Waals surface area (Å²) < 4.78 is 39.8. The van der Waals surface area contributed by atoms with Crippen LogP contribution >= 0.6 is 0 Å². The SMILES string of the molecule is CC(C)CC(CO)NS(=O)(=O)c1ccc(F)c(C(=O)O)c1. The number of benzene rings is 1. The fourth-order valence-corrected chi connectivity index (χ4v) is 3.12. The Balaban J connectivity index is 3.07. The second-order valence-corrected chi connectivity index (χ2v) is 6.79. The van der Waals surface area contributed by atoms with E-state index in [1.165, 1.54) is 0 Å². The topological polar surface area (TPSA) is 104 Å². The minimum Gasteiger partial charge on any atom is -0.478 e. The second kappa shape index (κ2) is 6.97. The third-order valence-corrected chi connectivity index (χ3v) is 4.29. The number of halogens is 1. The summed E-state index contributed by atoms with van der Waals surface area (Å²) in [7, 11) is -4.03. The van der Waals surface area contributed by atoms with Crippen LogP contribution in [0.1, 0.15) is 30.6 Å². The molecule has 0 fully saturated rings. The highest BCUT2D eigenvalue weighted by Crippen LogP contribution is 2.16. The Bertz CT molecular complexity index is 615. The van der Waals surface area contributed by atoms with Gasteiger partial charge >= 0.3 is 5.97 Å². The first-order chi connectivity index (χ1) is 9.67. The summed E-state index contributed by atoms with van der Waals surface area (Å²) >= 11 is 0. The van der Waals surface area contributed by atoms with Gasteiger partial charge in [0.1, 0.15) is 5.82 Å². The molecule has 118 valence electrons. The van der Waals surface area contributed by atoms with Crippen LogP contribution in [0.4, 0.5) is 4.39 Å². The van der Waals surface area contributed by atoms with Crippen LogP contribution in [0, 0.1) is 11.7 Å². The molecule has 0 saturated carbocycles. The molecule has 1 unspecified atom stereocenters. The summed E-state index contributed by atoms with van der Waals surface area (Å²) in [6.45, 7) is 3.36. The van der Waals surface area contributed by atoms with Crippen LogP contribution in [0.25, 0.3) is 0 Å². The minimum atomic E-state index is -4.03. The molecule has 8 heteroatoms. The lowest BCUT2D eigenvalue weighted by Gasteiger charge is -2.18. The predicted octanol–water partition coefficient (Wildman–Crippen LogP) is 1.21. The van der Waals surface area contributed by atoms with Crippen LogP contribution in [-0.2, 0) is 10.0 Å². The maximum Gasteiger partial charge on any atom is 0.338 e. The smallest absolute Gasteiger partial charge is 0.338 e. The van der Waals surface area contributed by atoms with Crippen molar-refractivity contribution < 1.29 is 27.8 Å². The van der Waals surface area contributed by atoms with Gasteiger partial charge in [-0.1, -0.05) is 13.8 Å². The van der Waals surface area contributed by atoms with E-state index in [0.717, 1.165) is 18.2 Å². The van der Waals surface area contributed by atoms with Crippen molar-refractivity contribution in [2.45, 2.75) is 31.2 Å². The summed E-state index contributed by atoms with van der Waals surface area (Å²) in [6.07, 6.45) is 0.419. The monoisotopic (exact) mass is 319 g/mol. The van der Waals surface area contributed by atoms with Crippen molar-refractivity contribution >= 4 is 16.0 Å². The molecular formula is C13H18FNO5S. The Morgan fingerprint density at radius 1 is 1.38 bits per heavy atom. The van der Waals surface area contributed by atoms with Crippen molar-refractivity contribution in [1.29, 1.82) is 0 Å². The maximum absolute atomic E-state index is 13.3. The highest BCUT2D eigenvalue weighted by atomic mass is 32.2. The highest BCUT2D eigenvalue weighted by molar-refractivity contribution is 7.89. The van der Waals surface area contributed by atoms with E-state index in [1.807, 2.05) is 13.8 Å². The number of hydrogen-bond acceptors (Lipinski definition) is 4. The molecule has 3 N–H and O–H groups in total. The summed E-state index contributed by atoms with van der Waals surface area (Å²) in [5.74, 6) is -2.40. The van der Waals surface area contributed by atoms with Crippen molar-refractivity contribution in [2.75, 3.05) is 6.61 Å². The number of carbonyl (C=O) groups is 1. The summed E-state index contributed by atoms with van der Waals surface area (Å²) in [5, 5.41) is 18.0. The fourth-order valence-electron chi connectivity index (χ4n) is 1.85. The standard InChI is InChI=1S/C13H18FNO5S/c1-8(2)5-9(7-16)15-21(19,20)10-3-4-12(14)11(6-10)13(17)18/h3-4,6,8-9,15-16H,5,7H2,1-2H3,(H,17,18). The van der Waals surface area contributed by atoms with Crippen molar-refractivity contribution in [3.8, 4) is 0 Å². The van der Waals surface area contributed by atoms with E-state index in [-0.39, 0.29) is 17.4 Å². The average molecular weight is 319 g/mol. The molecule has 0 amide bonds. The van der Waals surface area contributed by atoms with Gasteiger partial charge in [-0.2, -0.15) is 0 Å². The van der Waals surface area contributed by atoms with Crippen molar-refractivity contribution in [3.63, 3.8) is 0 Å². The van der Waals surface area contributed by atoms with Gasteiger partial charge in [-0.05, 0) is 30.5 Å². The summed E-state index contributed by atoms with van der Waals surface area (Å²) in [4.78, 5) is 10.5. The number of carboxylic acids is 1. The van der Waals surface area contributed by atoms with E-state index < -0.39 is 33.4 Å². The van der Waals surface area contributed by atoms with Crippen LogP contribution in [0.2, 0.25) is 0 Å². The van der Waals surface area contributed by atoms with Crippen LogP contribution < -0.4 is 4.72 Å². The van der Waals surface area contributed by atoms with Crippen LogP contribution in [0.5, 0.6) is 0 Å². The average Bonchev–Trinajstić information content (AvgIpc) is 2.36. The number of aromatic carboxylic acids is 1. The lowest BCUT2D eigenvalue weighted by Crippen LogP contribution is -2.38. The van der Waals surface area contributed by atoms with Gasteiger partial charge in [0.2, 0.25) is 10.0 Å². The van der Waals surface area contributed by atoms with Gasteiger partial charge < -0.3 is 10.2 Å². The van der Waals surface area contributed by atoms with Gasteiger partial charge in [0.05, 0.1) is 17.1 Å². The molecule has 1 aromatic rings. The van der Waals surface area contributed by atoms with Crippen LogP contribution in [0.15, 0.2) is 23.1 Å². The van der Waals surface area contributed by atoms with E-state index in [2.05, 4.69) is 4.72 Å². The summed E-state index contributed by atoms with van der Waals surface area (Å²) in [6, 6.07) is 1.83. The molecule has 0 saturated heterocycles. The molecule has 1 aromatic carbocycles. The lowest BCUT2D eigenvalue weighted by atomic mass is 10.1. The molecule has 0 bridgehead atoms. The zero-order valence-corrected chi connectivity index (χ0v) is 12.5. The summed E-state index contributed by atoms with van der Waals surface area (Å²) in [5.41, 5.74) is -0.720. The predicted molar refractivity (Wildman–Crippen MR) is 74.0 cm³/mol. The molecule has 0 aliphatic rings. The zero-order chi connectivity index (χ0) is 16.2. The number of rotatable bonds is 7. The Morgan fingerprint density at radius 3 is 2.48 bits per heavy atom. The molecule has 0 aliphatic carbocycles. The Labute approximate surface area is 122 Å². The normalized spacial score (nSPS) is 13.4. The van der Waals surface area contributed by atoms with Crippen LogP contribution in [0.3, 0.4) is 0 Å². The number of aliphatic hydroxyl groups excluding tert-OH is 1. The van der Waals surface area contributed by atoms with Crippen LogP contribution in [-0.4, -0.2) is 37.2 Å². The van der Waals surface area contributed by atoms with E-state index in [1.54, 1.807) is 0 Å². The first-order valence-corrected chi connectivity index (χ1v) is 7.81. The third-order valence-electron chi connectivity index (χ3n) is 2.78. The van der Waals surface area contributed by atoms with Crippen molar-refractivity contribution in [2.24, 2.45) is 5.92 Å². The first kappa shape index (κ1) is 17.5. The largest absolute Gasteiger partial charge is 0.478 e. The van der Waals surface area contributed by atoms with Crippen molar-refractivity contribution in [1.82, 2.24) is 4.72 Å². The van der Waals surface area contributed by atoms with Gasteiger partial charge in [0.25, 0.3) is 0 Å². The number of hydrogen-bond donors (Lipinski definition) is 3. The Morgan fingerprint density at radius 2 is 2.00 bits per heavy atom. The lowest BCUT2D eigenvalue weighted by molar-refractivity contribution is 0.0691. The van der Waals surface area contributed by atoms with Gasteiger partial charge in [-0.15, -0.1) is 0 Å². The minimum absolute atomic E-state index is 0.160. The van der Waals surface area contributed by atoms with E-state index >= 15 is 0 Å². The molecule has 1 atom stereocenters. The number of aliphatic hydroxyl groups is 1. The Hall–Kier alpha value is -1.51. The quantitative estimate of drug-likeness (QED) is 0.701. The molecule has 0 heterocycles. The van der Waals surface area contributed by atoms with Gasteiger partial charge in [-0.25, -0.2) is 22.3 Å². The third kappa shape index (κ3) is 4.76. The number of nitrogens with one attached hydrogen (secondary N) is 1. The van der Waals surface area contributed by atoms with E-state index in [9.17, 15) is 22.7 Å². The molecule has 1 rings (SSSR count). The second-order valence-electron chi connectivity index (χ2n) is 5.08. The highest BCUT2D eigenvalue weighted by Gasteiger charge is 2.22. The molecule has 0 radical (unpaired) electrons. The first-order valence-electron chi connectivity index (χ1n) is 6.33. The van der Waals surface area contributed by atoms with Gasteiger partial charge in [0, 0.05) is 6.04 Å². The Kier molecular flexibility index (Phi) is 5.82. The van der Waals surface area contributed by atoms with Gasteiger partial charge in [0.15, 0.2) is 0 Å². The maximum atomic E-state index is 13.3. The molecule has 6 nitrogen and oxygen atoms in total. The number of sulfonamides is 1. The number of carboxylic acid groups (broad SMARTS) is 1. The molecule has 0 aromatic heterocycles. The van der Waals surface area contributed by atoms with Crippen molar-refractivity contribution in [3.05, 3.63) is 29.6 Å². The molecule has 21 heavy (non-hydrogen) atoms. The van der Waals surface area contributed by atoms with Gasteiger partial charge in [-0.3, -0.25) is 0 Å². The van der Waals surface area contributed by atoms with E-state index in [0.29, 0.717) is 6.42 Å². The molecule has 0 aliphatic heterocycles. The molecular weight excluding hydrogens is 301 g/mol. The zero-order valence-electron chi connectivity index (χ0n) is 11.7. The van der Waals surface area contributed by atoms with E-state index in [4.69, 9.17) is 5.11 Å².